The van der Waals surface area contributed by atoms with Gasteiger partial charge in [0.2, 0.25) is 17.7 Å². The van der Waals surface area contributed by atoms with E-state index in [0.29, 0.717) is 26.1 Å². The topological polar surface area (TPSA) is 131 Å². The van der Waals surface area contributed by atoms with E-state index in [2.05, 4.69) is 33.2 Å². The average molecular weight is 642 g/mol. The van der Waals surface area contributed by atoms with Crippen LogP contribution in [0.25, 0.3) is 0 Å². The molecule has 1 saturated heterocycles. The Balaban J connectivity index is 1.41. The van der Waals surface area contributed by atoms with Crippen molar-refractivity contribution >= 4 is 57.8 Å². The Morgan fingerprint density at radius 1 is 1.08 bits per heavy atom. The molecule has 0 bridgehead atoms. The van der Waals surface area contributed by atoms with Gasteiger partial charge in [-0.05, 0) is 55.6 Å². The standard InChI is InChI=1S/C27H36IN3O7/c1-18(38-17-16-37-15-5-3-2-4-14-28)8-6-11-22(32)29-20-10-7-9-19-24(20)27(36)31(26(19)35)21-12-13-23(33)30-25(21)34/h7,9-10,18,21H,2-6,8,11-17H2,1H3,(H,29,32)(H,30,33,34). The van der Waals surface area contributed by atoms with Gasteiger partial charge in [0.1, 0.15) is 6.04 Å². The summed E-state index contributed by atoms with van der Waals surface area (Å²) in [5.41, 5.74) is 0.427. The summed E-state index contributed by atoms with van der Waals surface area (Å²) >= 11 is 2.39. The number of imide groups is 2. The van der Waals surface area contributed by atoms with Crippen LogP contribution in [-0.4, -0.2) is 70.8 Å². The largest absolute Gasteiger partial charge is 0.379 e. The predicted octanol–water partition coefficient (Wildman–Crippen LogP) is 3.61. The van der Waals surface area contributed by atoms with Gasteiger partial charge in [-0.1, -0.05) is 41.5 Å². The van der Waals surface area contributed by atoms with Crippen molar-refractivity contribution in [2.45, 2.75) is 76.9 Å². The van der Waals surface area contributed by atoms with Crippen molar-refractivity contribution < 1.29 is 33.4 Å². The molecule has 1 fully saturated rings. The lowest BCUT2D eigenvalue weighted by Gasteiger charge is -2.27. The van der Waals surface area contributed by atoms with Crippen LogP contribution in [0.5, 0.6) is 0 Å². The van der Waals surface area contributed by atoms with Gasteiger partial charge in [-0.3, -0.25) is 34.2 Å². The lowest BCUT2D eigenvalue weighted by Crippen LogP contribution is -2.54. The Kier molecular flexibility index (Phi) is 12.1. The number of nitrogens with one attached hydrogen (secondary N) is 2. The summed E-state index contributed by atoms with van der Waals surface area (Å²) < 4.78 is 12.6. The summed E-state index contributed by atoms with van der Waals surface area (Å²) in [6, 6.07) is 3.58. The van der Waals surface area contributed by atoms with Gasteiger partial charge in [-0.15, -0.1) is 0 Å². The molecule has 38 heavy (non-hydrogen) atoms. The zero-order valence-corrected chi connectivity index (χ0v) is 23.9. The summed E-state index contributed by atoms with van der Waals surface area (Å²) in [5.74, 6) is -2.65. The molecule has 11 heteroatoms. The number of piperidine rings is 1. The molecule has 2 atom stereocenters. The third-order valence-electron chi connectivity index (χ3n) is 6.56. The Labute approximate surface area is 236 Å². The highest BCUT2D eigenvalue weighted by Crippen LogP contribution is 2.32. The summed E-state index contributed by atoms with van der Waals surface area (Å²) in [7, 11) is 0. The SMILES string of the molecule is CC(CCCC(=O)Nc1cccc2c1C(=O)N(C1CCC(=O)NC1=O)C2=O)OCCOCCCCCCI. The number of nitrogens with zero attached hydrogens (tertiary/aromatic N) is 1. The highest BCUT2D eigenvalue weighted by Gasteiger charge is 2.45. The molecule has 0 aliphatic carbocycles. The van der Waals surface area contributed by atoms with Gasteiger partial charge >= 0.3 is 0 Å². The number of fused-ring (bicyclic) bond motifs is 1. The lowest BCUT2D eigenvalue weighted by atomic mass is 10.0. The first-order valence-electron chi connectivity index (χ1n) is 13.2. The van der Waals surface area contributed by atoms with E-state index in [-0.39, 0.29) is 48.1 Å². The summed E-state index contributed by atoms with van der Waals surface area (Å²) in [6.45, 7) is 3.78. The normalized spacial score (nSPS) is 17.9. The Morgan fingerprint density at radius 3 is 2.63 bits per heavy atom. The van der Waals surface area contributed by atoms with Gasteiger partial charge in [0, 0.05) is 19.4 Å². The van der Waals surface area contributed by atoms with Crippen molar-refractivity contribution in [3.8, 4) is 0 Å². The number of unbranched alkanes of at least 4 members (excludes halogenated alkanes) is 3. The highest BCUT2D eigenvalue weighted by atomic mass is 127. The molecule has 2 N–H and O–H groups in total. The number of benzene rings is 1. The van der Waals surface area contributed by atoms with Crippen molar-refractivity contribution in [3.05, 3.63) is 29.3 Å². The minimum atomic E-state index is -1.05. The molecule has 208 valence electrons. The van der Waals surface area contributed by atoms with E-state index < -0.39 is 29.7 Å². The smallest absolute Gasteiger partial charge is 0.264 e. The van der Waals surface area contributed by atoms with Crippen LogP contribution in [0.3, 0.4) is 0 Å². The molecular weight excluding hydrogens is 605 g/mol. The van der Waals surface area contributed by atoms with E-state index >= 15 is 0 Å². The molecular formula is C27H36IN3O7. The molecule has 10 nitrogen and oxygen atoms in total. The first-order valence-corrected chi connectivity index (χ1v) is 14.8. The van der Waals surface area contributed by atoms with E-state index in [0.717, 1.165) is 17.9 Å². The van der Waals surface area contributed by atoms with Crippen molar-refractivity contribution in [2.24, 2.45) is 0 Å². The quantitative estimate of drug-likeness (QED) is 0.122. The Bertz CT molecular complexity index is 1030. The van der Waals surface area contributed by atoms with E-state index in [9.17, 15) is 24.0 Å². The second kappa shape index (κ2) is 15.3. The van der Waals surface area contributed by atoms with E-state index in [1.807, 2.05) is 6.92 Å². The second-order valence-electron chi connectivity index (χ2n) is 9.51. The molecule has 0 radical (unpaired) electrons. The van der Waals surface area contributed by atoms with Gasteiger partial charge < -0.3 is 14.8 Å². The van der Waals surface area contributed by atoms with Gasteiger partial charge in [0.05, 0.1) is 36.1 Å². The van der Waals surface area contributed by atoms with Gasteiger partial charge in [-0.25, -0.2) is 0 Å². The van der Waals surface area contributed by atoms with Crippen LogP contribution in [0, 0.1) is 0 Å². The van der Waals surface area contributed by atoms with Crippen LogP contribution in [0.15, 0.2) is 18.2 Å². The molecule has 2 heterocycles. The lowest BCUT2D eigenvalue weighted by molar-refractivity contribution is -0.136. The Morgan fingerprint density at radius 2 is 1.87 bits per heavy atom. The third kappa shape index (κ3) is 8.31. The van der Waals surface area contributed by atoms with Crippen LogP contribution >= 0.6 is 22.6 Å². The van der Waals surface area contributed by atoms with Crippen molar-refractivity contribution in [3.63, 3.8) is 0 Å². The minimum absolute atomic E-state index is 0.0164. The fraction of sp³-hybridized carbons (Fsp3) is 0.593. The number of hydrogen-bond donors (Lipinski definition) is 2. The zero-order chi connectivity index (χ0) is 27.5. The monoisotopic (exact) mass is 641 g/mol. The van der Waals surface area contributed by atoms with Crippen LogP contribution in [0.1, 0.15) is 85.4 Å². The molecule has 0 aromatic heterocycles. The number of hydrogen-bond acceptors (Lipinski definition) is 7. The number of amides is 5. The summed E-state index contributed by atoms with van der Waals surface area (Å²) in [5, 5.41) is 4.91. The molecule has 5 amide bonds. The maximum absolute atomic E-state index is 13.1. The molecule has 1 aromatic rings. The van der Waals surface area contributed by atoms with Gasteiger partial charge in [-0.2, -0.15) is 0 Å². The van der Waals surface area contributed by atoms with Crippen LogP contribution < -0.4 is 10.6 Å². The Hall–Kier alpha value is -2.38. The van der Waals surface area contributed by atoms with Crippen molar-refractivity contribution in [1.29, 1.82) is 0 Å². The fourth-order valence-corrected chi connectivity index (χ4v) is 5.07. The average Bonchev–Trinajstić information content (AvgIpc) is 3.13. The maximum atomic E-state index is 13.1. The first kappa shape index (κ1) is 30.2. The third-order valence-corrected chi connectivity index (χ3v) is 7.32. The summed E-state index contributed by atoms with van der Waals surface area (Å²) in [4.78, 5) is 63.3. The molecule has 0 spiro atoms. The molecule has 0 saturated carbocycles. The van der Waals surface area contributed by atoms with Crippen molar-refractivity contribution in [1.82, 2.24) is 10.2 Å². The second-order valence-corrected chi connectivity index (χ2v) is 10.6. The molecule has 2 unspecified atom stereocenters. The van der Waals surface area contributed by atoms with E-state index in [1.54, 1.807) is 12.1 Å². The molecule has 2 aliphatic rings. The van der Waals surface area contributed by atoms with E-state index in [1.165, 1.54) is 29.8 Å². The molecule has 2 aliphatic heterocycles. The van der Waals surface area contributed by atoms with Crippen molar-refractivity contribution in [2.75, 3.05) is 29.6 Å². The van der Waals surface area contributed by atoms with Crippen LogP contribution in [-0.2, 0) is 23.9 Å². The summed E-state index contributed by atoms with van der Waals surface area (Å²) in [6.07, 6.45) is 6.37. The van der Waals surface area contributed by atoms with Gasteiger partial charge in [0.15, 0.2) is 0 Å². The van der Waals surface area contributed by atoms with Gasteiger partial charge in [0.25, 0.3) is 11.8 Å². The number of alkyl halides is 1. The number of carbonyl (C=O) groups excluding carboxylic acids is 5. The maximum Gasteiger partial charge on any atom is 0.264 e. The van der Waals surface area contributed by atoms with E-state index in [4.69, 9.17) is 9.47 Å². The number of rotatable bonds is 16. The number of carbonyl (C=O) groups is 5. The zero-order valence-electron chi connectivity index (χ0n) is 21.8. The van der Waals surface area contributed by atoms with Crippen LogP contribution in [0.4, 0.5) is 5.69 Å². The molecule has 1 aromatic carbocycles. The molecule has 3 rings (SSSR count). The number of anilines is 1. The predicted molar refractivity (Wildman–Crippen MR) is 149 cm³/mol. The number of ether oxygens (including phenoxy) is 2. The number of halogens is 1. The highest BCUT2D eigenvalue weighted by molar-refractivity contribution is 14.1. The first-order chi connectivity index (χ1) is 18.3. The minimum Gasteiger partial charge on any atom is -0.379 e. The van der Waals surface area contributed by atoms with Crippen LogP contribution in [0.2, 0.25) is 0 Å². The fourth-order valence-electron chi connectivity index (χ4n) is 4.53.